The van der Waals surface area contributed by atoms with Gasteiger partial charge in [-0.3, -0.25) is 4.79 Å². The van der Waals surface area contributed by atoms with Crippen LogP contribution in [0.2, 0.25) is 0 Å². The molecule has 5 heteroatoms. The molecule has 1 fully saturated rings. The van der Waals surface area contributed by atoms with Gasteiger partial charge in [0, 0.05) is 17.4 Å². The number of amides is 1. The minimum absolute atomic E-state index is 0.204. The van der Waals surface area contributed by atoms with Crippen molar-refractivity contribution in [1.29, 1.82) is 0 Å². The van der Waals surface area contributed by atoms with Gasteiger partial charge in [-0.2, -0.15) is 0 Å². The lowest BCUT2D eigenvalue weighted by Gasteiger charge is -2.23. The Morgan fingerprint density at radius 1 is 1.04 bits per heavy atom. The van der Waals surface area contributed by atoms with Gasteiger partial charge in [-0.1, -0.05) is 37.0 Å². The molecule has 1 amide bonds. The summed E-state index contributed by atoms with van der Waals surface area (Å²) in [4.78, 5) is 21.5. The molecular formula is C20H26N4O. The van der Waals surface area contributed by atoms with E-state index in [1.165, 1.54) is 24.8 Å². The van der Waals surface area contributed by atoms with E-state index in [0.717, 1.165) is 29.8 Å². The third-order valence-electron chi connectivity index (χ3n) is 4.66. The highest BCUT2D eigenvalue weighted by atomic mass is 16.1. The molecular weight excluding hydrogens is 312 g/mol. The fourth-order valence-electron chi connectivity index (χ4n) is 3.32. The van der Waals surface area contributed by atoms with Gasteiger partial charge in [0.25, 0.3) is 5.91 Å². The van der Waals surface area contributed by atoms with Crippen molar-refractivity contribution in [2.75, 3.05) is 10.6 Å². The molecule has 1 saturated carbocycles. The first kappa shape index (κ1) is 17.4. The monoisotopic (exact) mass is 338 g/mol. The SMILES string of the molecule is Cc1ccc(NC(=O)c2cc(C)nc(NC3CCCCC3)n2)c(C)c1. The lowest BCUT2D eigenvalue weighted by atomic mass is 9.96. The summed E-state index contributed by atoms with van der Waals surface area (Å²) in [7, 11) is 0. The lowest BCUT2D eigenvalue weighted by molar-refractivity contribution is 0.102. The smallest absolute Gasteiger partial charge is 0.274 e. The first-order valence-electron chi connectivity index (χ1n) is 9.02. The molecule has 2 aromatic rings. The van der Waals surface area contributed by atoms with Crippen molar-refractivity contribution in [3.8, 4) is 0 Å². The van der Waals surface area contributed by atoms with Gasteiger partial charge in [-0.05, 0) is 51.3 Å². The molecule has 1 aromatic carbocycles. The predicted molar refractivity (Wildman–Crippen MR) is 101 cm³/mol. The number of aromatic nitrogens is 2. The molecule has 1 aromatic heterocycles. The highest BCUT2D eigenvalue weighted by Gasteiger charge is 2.16. The van der Waals surface area contributed by atoms with Crippen molar-refractivity contribution in [3.63, 3.8) is 0 Å². The van der Waals surface area contributed by atoms with Gasteiger partial charge in [-0.25, -0.2) is 9.97 Å². The van der Waals surface area contributed by atoms with Gasteiger partial charge in [0.15, 0.2) is 0 Å². The van der Waals surface area contributed by atoms with Crippen LogP contribution < -0.4 is 10.6 Å². The Kier molecular flexibility index (Phi) is 5.31. The Balaban J connectivity index is 1.75. The summed E-state index contributed by atoms with van der Waals surface area (Å²) < 4.78 is 0. The second kappa shape index (κ2) is 7.64. The van der Waals surface area contributed by atoms with Crippen LogP contribution in [0.15, 0.2) is 24.3 Å². The molecule has 132 valence electrons. The highest BCUT2D eigenvalue weighted by Crippen LogP contribution is 2.21. The zero-order chi connectivity index (χ0) is 17.8. The second-order valence-electron chi connectivity index (χ2n) is 6.97. The molecule has 2 N–H and O–H groups in total. The van der Waals surface area contributed by atoms with Crippen LogP contribution >= 0.6 is 0 Å². The quantitative estimate of drug-likeness (QED) is 0.867. The van der Waals surface area contributed by atoms with Gasteiger partial charge in [0.05, 0.1) is 0 Å². The van der Waals surface area contributed by atoms with Crippen molar-refractivity contribution in [2.24, 2.45) is 0 Å². The van der Waals surface area contributed by atoms with Crippen molar-refractivity contribution >= 4 is 17.5 Å². The average molecular weight is 338 g/mol. The van der Waals surface area contributed by atoms with Crippen LogP contribution in [0.1, 0.15) is 59.4 Å². The van der Waals surface area contributed by atoms with E-state index in [1.807, 2.05) is 32.9 Å². The summed E-state index contributed by atoms with van der Waals surface area (Å²) in [6.45, 7) is 5.92. The zero-order valence-electron chi connectivity index (χ0n) is 15.2. The first-order valence-corrected chi connectivity index (χ1v) is 9.02. The summed E-state index contributed by atoms with van der Waals surface area (Å²) in [5.74, 6) is 0.349. The Morgan fingerprint density at radius 2 is 1.80 bits per heavy atom. The van der Waals surface area contributed by atoms with Gasteiger partial charge in [0.1, 0.15) is 5.69 Å². The number of aryl methyl sites for hydroxylation is 3. The maximum absolute atomic E-state index is 12.6. The molecule has 3 rings (SSSR count). The molecule has 0 spiro atoms. The number of nitrogens with one attached hydrogen (secondary N) is 2. The topological polar surface area (TPSA) is 66.9 Å². The summed E-state index contributed by atoms with van der Waals surface area (Å²) in [5, 5.41) is 6.35. The maximum atomic E-state index is 12.6. The van der Waals surface area contributed by atoms with Gasteiger partial charge < -0.3 is 10.6 Å². The minimum atomic E-state index is -0.204. The highest BCUT2D eigenvalue weighted by molar-refractivity contribution is 6.03. The number of rotatable bonds is 4. The summed E-state index contributed by atoms with van der Waals surface area (Å²) in [5.41, 5.74) is 4.21. The van der Waals surface area contributed by atoms with E-state index in [0.29, 0.717) is 17.7 Å². The van der Waals surface area contributed by atoms with Crippen molar-refractivity contribution in [3.05, 3.63) is 46.8 Å². The fraction of sp³-hybridized carbons (Fsp3) is 0.450. The van der Waals surface area contributed by atoms with E-state index in [4.69, 9.17) is 0 Å². The van der Waals surface area contributed by atoms with Crippen LogP contribution in [0, 0.1) is 20.8 Å². The number of carbonyl (C=O) groups excluding carboxylic acids is 1. The standard InChI is InChI=1S/C20H26N4O/c1-13-9-10-17(14(2)11-13)23-19(25)18-12-15(3)21-20(24-18)22-16-7-5-4-6-8-16/h9-12,16H,4-8H2,1-3H3,(H,23,25)(H,21,22,24). The first-order chi connectivity index (χ1) is 12.0. The summed E-state index contributed by atoms with van der Waals surface area (Å²) >= 11 is 0. The number of anilines is 2. The minimum Gasteiger partial charge on any atom is -0.351 e. The Morgan fingerprint density at radius 3 is 2.52 bits per heavy atom. The van der Waals surface area contributed by atoms with Crippen LogP contribution in [0.4, 0.5) is 11.6 Å². The molecule has 25 heavy (non-hydrogen) atoms. The van der Waals surface area contributed by atoms with Crippen LogP contribution in [0.5, 0.6) is 0 Å². The van der Waals surface area contributed by atoms with E-state index in [9.17, 15) is 4.79 Å². The predicted octanol–water partition coefficient (Wildman–Crippen LogP) is 4.40. The number of nitrogens with zero attached hydrogens (tertiary/aromatic N) is 2. The van der Waals surface area contributed by atoms with Gasteiger partial charge >= 0.3 is 0 Å². The van der Waals surface area contributed by atoms with E-state index < -0.39 is 0 Å². The van der Waals surface area contributed by atoms with Crippen LogP contribution in [0.25, 0.3) is 0 Å². The lowest BCUT2D eigenvalue weighted by Crippen LogP contribution is -2.24. The molecule has 0 atom stereocenters. The third kappa shape index (κ3) is 4.56. The second-order valence-corrected chi connectivity index (χ2v) is 6.97. The fourth-order valence-corrected chi connectivity index (χ4v) is 3.32. The molecule has 0 unspecified atom stereocenters. The van der Waals surface area contributed by atoms with Crippen LogP contribution in [0.3, 0.4) is 0 Å². The Labute approximate surface area is 149 Å². The third-order valence-corrected chi connectivity index (χ3v) is 4.66. The van der Waals surface area contributed by atoms with E-state index in [2.05, 4.69) is 26.7 Å². The molecule has 1 heterocycles. The Hall–Kier alpha value is -2.43. The number of carbonyl (C=O) groups is 1. The average Bonchev–Trinajstić information content (AvgIpc) is 2.57. The Bertz CT molecular complexity index is 766. The molecule has 0 bridgehead atoms. The summed E-state index contributed by atoms with van der Waals surface area (Å²) in [6.07, 6.45) is 6.06. The number of hydrogen-bond donors (Lipinski definition) is 2. The number of hydrogen-bond acceptors (Lipinski definition) is 4. The van der Waals surface area contributed by atoms with Crippen LogP contribution in [-0.4, -0.2) is 21.9 Å². The van der Waals surface area contributed by atoms with E-state index in [1.54, 1.807) is 6.07 Å². The largest absolute Gasteiger partial charge is 0.351 e. The zero-order valence-corrected chi connectivity index (χ0v) is 15.2. The molecule has 1 aliphatic rings. The van der Waals surface area contributed by atoms with E-state index in [-0.39, 0.29) is 5.91 Å². The van der Waals surface area contributed by atoms with Crippen molar-refractivity contribution in [2.45, 2.75) is 58.9 Å². The number of benzene rings is 1. The van der Waals surface area contributed by atoms with Crippen LogP contribution in [-0.2, 0) is 0 Å². The molecule has 0 aliphatic heterocycles. The molecule has 5 nitrogen and oxygen atoms in total. The molecule has 1 aliphatic carbocycles. The summed E-state index contributed by atoms with van der Waals surface area (Å²) in [6, 6.07) is 8.11. The van der Waals surface area contributed by atoms with Crippen molar-refractivity contribution in [1.82, 2.24) is 9.97 Å². The molecule has 0 radical (unpaired) electrons. The van der Waals surface area contributed by atoms with Gasteiger partial charge in [0.2, 0.25) is 5.95 Å². The van der Waals surface area contributed by atoms with Crippen molar-refractivity contribution < 1.29 is 4.79 Å². The normalized spacial score (nSPS) is 15.0. The van der Waals surface area contributed by atoms with Gasteiger partial charge in [-0.15, -0.1) is 0 Å². The maximum Gasteiger partial charge on any atom is 0.274 e. The van der Waals surface area contributed by atoms with E-state index >= 15 is 0 Å². The molecule has 0 saturated heterocycles.